The van der Waals surface area contributed by atoms with E-state index in [4.69, 9.17) is 0 Å². The van der Waals surface area contributed by atoms with Gasteiger partial charge in [0.15, 0.2) is 0 Å². The Morgan fingerprint density at radius 3 is 2.15 bits per heavy atom. The van der Waals surface area contributed by atoms with E-state index >= 15 is 0 Å². The first-order valence-electron chi connectivity index (χ1n) is 4.32. The molecule has 0 amide bonds. The van der Waals surface area contributed by atoms with Crippen molar-refractivity contribution in [3.63, 3.8) is 0 Å². The lowest BCUT2D eigenvalue weighted by Crippen LogP contribution is -1.88. The standard InChI is InChI=1S/C7H7F2N.C3H8/c1-5-2-3-6(7(8)9)10-4-5;1-3-2/h2-4,7H,1H3;3H2,1-2H3. The molecule has 0 aliphatic carbocycles. The smallest absolute Gasteiger partial charge is 0.255 e. The first kappa shape index (κ1) is 12.0. The van der Waals surface area contributed by atoms with Crippen LogP contribution in [0.5, 0.6) is 0 Å². The fourth-order valence-corrected chi connectivity index (χ4v) is 0.608. The predicted octanol–water partition coefficient (Wildman–Crippen LogP) is 3.74. The van der Waals surface area contributed by atoms with Gasteiger partial charge in [0.1, 0.15) is 5.69 Å². The quantitative estimate of drug-likeness (QED) is 0.652. The molecular weight excluding hydrogens is 172 g/mol. The number of aromatic nitrogens is 1. The minimum Gasteiger partial charge on any atom is -0.255 e. The Bertz CT molecular complexity index is 219. The van der Waals surface area contributed by atoms with Crippen molar-refractivity contribution in [2.75, 3.05) is 0 Å². The van der Waals surface area contributed by atoms with Gasteiger partial charge in [-0.15, -0.1) is 0 Å². The van der Waals surface area contributed by atoms with Gasteiger partial charge in [0.05, 0.1) is 0 Å². The maximum atomic E-state index is 11.8. The van der Waals surface area contributed by atoms with Crippen LogP contribution in [0.4, 0.5) is 8.78 Å². The molecule has 3 heteroatoms. The molecule has 1 nitrogen and oxygen atoms in total. The molecule has 0 atom stereocenters. The van der Waals surface area contributed by atoms with Crippen LogP contribution in [0.1, 0.15) is 38.0 Å². The summed E-state index contributed by atoms with van der Waals surface area (Å²) in [6.45, 7) is 6.06. The Labute approximate surface area is 77.8 Å². The third kappa shape index (κ3) is 5.28. The van der Waals surface area contributed by atoms with Crippen LogP contribution in [0.15, 0.2) is 18.3 Å². The highest BCUT2D eigenvalue weighted by atomic mass is 19.3. The zero-order valence-electron chi connectivity index (χ0n) is 8.22. The molecule has 0 fully saturated rings. The summed E-state index contributed by atoms with van der Waals surface area (Å²) >= 11 is 0. The minimum absolute atomic E-state index is 0.161. The lowest BCUT2D eigenvalue weighted by Gasteiger charge is -1.96. The van der Waals surface area contributed by atoms with Gasteiger partial charge in [0, 0.05) is 6.20 Å². The van der Waals surface area contributed by atoms with Crippen LogP contribution < -0.4 is 0 Å². The molecule has 0 saturated heterocycles. The molecule has 0 saturated carbocycles. The van der Waals surface area contributed by atoms with Crippen molar-refractivity contribution >= 4 is 0 Å². The van der Waals surface area contributed by atoms with Gasteiger partial charge in [-0.2, -0.15) is 0 Å². The zero-order chi connectivity index (χ0) is 10.3. The molecule has 0 bridgehead atoms. The largest absolute Gasteiger partial charge is 0.280 e. The van der Waals surface area contributed by atoms with Crippen molar-refractivity contribution < 1.29 is 8.78 Å². The molecule has 0 radical (unpaired) electrons. The van der Waals surface area contributed by atoms with Crippen LogP contribution >= 0.6 is 0 Å². The van der Waals surface area contributed by atoms with Crippen LogP contribution in [-0.2, 0) is 0 Å². The highest BCUT2D eigenvalue weighted by Crippen LogP contribution is 2.15. The fourth-order valence-electron chi connectivity index (χ4n) is 0.608. The Hall–Kier alpha value is -0.990. The summed E-state index contributed by atoms with van der Waals surface area (Å²) < 4.78 is 23.7. The Morgan fingerprint density at radius 1 is 1.31 bits per heavy atom. The average molecular weight is 187 g/mol. The molecule has 1 aromatic rings. The van der Waals surface area contributed by atoms with E-state index in [1.807, 2.05) is 6.92 Å². The van der Waals surface area contributed by atoms with Crippen molar-refractivity contribution in [2.45, 2.75) is 33.6 Å². The second kappa shape index (κ2) is 6.52. The SMILES string of the molecule is CCC.Cc1ccc(C(F)F)nc1. The van der Waals surface area contributed by atoms with E-state index in [0.717, 1.165) is 5.56 Å². The minimum atomic E-state index is -2.46. The van der Waals surface area contributed by atoms with E-state index < -0.39 is 6.43 Å². The van der Waals surface area contributed by atoms with Gasteiger partial charge in [-0.05, 0) is 18.6 Å². The summed E-state index contributed by atoms with van der Waals surface area (Å²) in [7, 11) is 0. The summed E-state index contributed by atoms with van der Waals surface area (Å²) in [5.74, 6) is 0. The molecule has 13 heavy (non-hydrogen) atoms. The van der Waals surface area contributed by atoms with E-state index in [2.05, 4.69) is 18.8 Å². The van der Waals surface area contributed by atoms with Crippen molar-refractivity contribution in [3.05, 3.63) is 29.6 Å². The first-order valence-corrected chi connectivity index (χ1v) is 4.32. The van der Waals surface area contributed by atoms with Crippen molar-refractivity contribution in [1.82, 2.24) is 4.98 Å². The third-order valence-electron chi connectivity index (χ3n) is 1.16. The van der Waals surface area contributed by atoms with Crippen LogP contribution in [0.2, 0.25) is 0 Å². The molecule has 0 aliphatic heterocycles. The summed E-state index contributed by atoms with van der Waals surface area (Å²) in [5, 5.41) is 0. The Kier molecular flexibility index (Phi) is 6.02. The highest BCUT2D eigenvalue weighted by Gasteiger charge is 2.05. The van der Waals surface area contributed by atoms with Gasteiger partial charge in [-0.1, -0.05) is 26.3 Å². The second-order valence-corrected chi connectivity index (χ2v) is 2.77. The topological polar surface area (TPSA) is 12.9 Å². The van der Waals surface area contributed by atoms with Gasteiger partial charge in [0.25, 0.3) is 6.43 Å². The van der Waals surface area contributed by atoms with Gasteiger partial charge >= 0.3 is 0 Å². The predicted molar refractivity (Wildman–Crippen MR) is 49.9 cm³/mol. The molecule has 0 unspecified atom stereocenters. The van der Waals surface area contributed by atoms with E-state index in [0.29, 0.717) is 0 Å². The molecule has 0 N–H and O–H groups in total. The zero-order valence-corrected chi connectivity index (χ0v) is 8.22. The third-order valence-corrected chi connectivity index (χ3v) is 1.16. The average Bonchev–Trinajstić information content (AvgIpc) is 2.06. The molecule has 1 aromatic heterocycles. The van der Waals surface area contributed by atoms with Crippen LogP contribution in [0.3, 0.4) is 0 Å². The molecule has 1 rings (SSSR count). The second-order valence-electron chi connectivity index (χ2n) is 2.77. The number of nitrogens with zero attached hydrogens (tertiary/aromatic N) is 1. The first-order chi connectivity index (χ1) is 6.11. The number of rotatable bonds is 1. The summed E-state index contributed by atoms with van der Waals surface area (Å²) in [5.41, 5.74) is 0.731. The van der Waals surface area contributed by atoms with Crippen LogP contribution in [0, 0.1) is 6.92 Å². The highest BCUT2D eigenvalue weighted by molar-refractivity contribution is 5.12. The summed E-state index contributed by atoms with van der Waals surface area (Å²) in [6.07, 6.45) is 0.224. The van der Waals surface area contributed by atoms with E-state index in [1.54, 1.807) is 6.07 Å². The number of pyridine rings is 1. The lowest BCUT2D eigenvalue weighted by molar-refractivity contribution is 0.146. The van der Waals surface area contributed by atoms with Gasteiger partial charge < -0.3 is 0 Å². The van der Waals surface area contributed by atoms with Crippen LogP contribution in [0.25, 0.3) is 0 Å². The number of hydrogen-bond acceptors (Lipinski definition) is 1. The van der Waals surface area contributed by atoms with Crippen LogP contribution in [-0.4, -0.2) is 4.98 Å². The fraction of sp³-hybridized carbons (Fsp3) is 0.500. The molecule has 1 heterocycles. The lowest BCUT2D eigenvalue weighted by atomic mass is 10.3. The molecule has 0 aromatic carbocycles. The van der Waals surface area contributed by atoms with Gasteiger partial charge in [0.2, 0.25) is 0 Å². The molecule has 0 aliphatic rings. The van der Waals surface area contributed by atoms with Gasteiger partial charge in [-0.25, -0.2) is 8.78 Å². The molecule has 0 spiro atoms. The number of halogens is 2. The monoisotopic (exact) mass is 187 g/mol. The van der Waals surface area contributed by atoms with E-state index in [1.165, 1.54) is 18.7 Å². The summed E-state index contributed by atoms with van der Waals surface area (Å²) in [4.78, 5) is 3.53. The normalized spacial score (nSPS) is 9.38. The maximum Gasteiger partial charge on any atom is 0.280 e. The summed E-state index contributed by atoms with van der Waals surface area (Å²) in [6, 6.07) is 2.95. The van der Waals surface area contributed by atoms with Crippen molar-refractivity contribution in [3.8, 4) is 0 Å². The molecular formula is C10H15F2N. The van der Waals surface area contributed by atoms with Crippen molar-refractivity contribution in [1.29, 1.82) is 0 Å². The van der Waals surface area contributed by atoms with Gasteiger partial charge in [-0.3, -0.25) is 4.98 Å². The van der Waals surface area contributed by atoms with Crippen molar-refractivity contribution in [2.24, 2.45) is 0 Å². The van der Waals surface area contributed by atoms with E-state index in [9.17, 15) is 8.78 Å². The maximum absolute atomic E-state index is 11.8. The number of hydrogen-bond donors (Lipinski definition) is 0. The van der Waals surface area contributed by atoms with E-state index in [-0.39, 0.29) is 5.69 Å². The molecule has 74 valence electrons. The number of alkyl halides is 2. The Morgan fingerprint density at radius 2 is 1.85 bits per heavy atom. The number of aryl methyl sites for hydroxylation is 1. The Balaban J connectivity index is 0.000000424.